The number of nitrogens with one attached hydrogen (secondary N) is 1. The molecule has 1 heterocycles. The summed E-state index contributed by atoms with van der Waals surface area (Å²) in [6.45, 7) is 3.14. The lowest BCUT2D eigenvalue weighted by atomic mass is 10.1. The van der Waals surface area contributed by atoms with Crippen LogP contribution in [0, 0.1) is 0 Å². The van der Waals surface area contributed by atoms with Crippen molar-refractivity contribution in [2.45, 2.75) is 18.9 Å². The molecule has 0 saturated carbocycles. The highest BCUT2D eigenvalue weighted by Gasteiger charge is 2.32. The average Bonchev–Trinajstić information content (AvgIpc) is 2.65. The Labute approximate surface area is 132 Å². The highest BCUT2D eigenvalue weighted by molar-refractivity contribution is 6.44. The van der Waals surface area contributed by atoms with Crippen molar-refractivity contribution in [1.82, 2.24) is 4.90 Å². The van der Waals surface area contributed by atoms with Crippen molar-refractivity contribution < 1.29 is 9.90 Å². The number of anilines is 1. The Morgan fingerprint density at radius 3 is 2.60 bits per heavy atom. The molecule has 0 aliphatic carbocycles. The molecule has 1 fully saturated rings. The second-order valence-corrected chi connectivity index (χ2v) is 6.47. The second-order valence-electron chi connectivity index (χ2n) is 5.25. The summed E-state index contributed by atoms with van der Waals surface area (Å²) < 4.78 is 0. The van der Waals surface area contributed by atoms with Crippen LogP contribution in [0.5, 0.6) is 0 Å². The highest BCUT2D eigenvalue weighted by atomic mass is 35.5. The Morgan fingerprint density at radius 1 is 1.35 bits per heavy atom. The fourth-order valence-corrected chi connectivity index (χ4v) is 2.78. The topological polar surface area (TPSA) is 52.6 Å². The summed E-state index contributed by atoms with van der Waals surface area (Å²) in [7, 11) is 0. The van der Waals surface area contributed by atoms with E-state index in [9.17, 15) is 9.90 Å². The van der Waals surface area contributed by atoms with Gasteiger partial charge < -0.3 is 10.4 Å². The molecule has 1 aliphatic heterocycles. The first-order chi connectivity index (χ1) is 9.27. The van der Waals surface area contributed by atoms with E-state index >= 15 is 0 Å². The van der Waals surface area contributed by atoms with Gasteiger partial charge in [0.15, 0.2) is 0 Å². The first kappa shape index (κ1) is 15.9. The minimum atomic E-state index is -0.721. The standard InChI is InChI=1S/C13H15Cl3N2O2/c1-13(20)2-3-18(7-13)6-12(19)17-11-5-9(15)8(14)4-10(11)16/h4-5,20H,2-3,6-7H2,1H3,(H,17,19). The molecule has 1 unspecified atom stereocenters. The molecule has 1 aliphatic rings. The number of aliphatic hydroxyl groups is 1. The number of halogens is 3. The van der Waals surface area contributed by atoms with Gasteiger partial charge >= 0.3 is 0 Å². The summed E-state index contributed by atoms with van der Waals surface area (Å²) in [5, 5.41) is 13.5. The number of amides is 1. The zero-order chi connectivity index (χ0) is 14.9. The van der Waals surface area contributed by atoms with Crippen LogP contribution in [0.1, 0.15) is 13.3 Å². The summed E-state index contributed by atoms with van der Waals surface area (Å²) in [4.78, 5) is 13.8. The van der Waals surface area contributed by atoms with Gasteiger partial charge in [-0.15, -0.1) is 0 Å². The SMILES string of the molecule is CC1(O)CCN(CC(=O)Nc2cc(Cl)c(Cl)cc2Cl)C1. The van der Waals surface area contributed by atoms with Gasteiger partial charge in [0.1, 0.15) is 0 Å². The van der Waals surface area contributed by atoms with E-state index in [-0.39, 0.29) is 12.5 Å². The van der Waals surface area contributed by atoms with Gasteiger partial charge in [0.05, 0.1) is 32.9 Å². The molecule has 1 amide bonds. The van der Waals surface area contributed by atoms with Crippen LogP contribution in [0.3, 0.4) is 0 Å². The maximum atomic E-state index is 12.0. The molecule has 4 nitrogen and oxygen atoms in total. The van der Waals surface area contributed by atoms with Gasteiger partial charge in [-0.05, 0) is 25.5 Å². The Kier molecular flexibility index (Phi) is 4.82. The van der Waals surface area contributed by atoms with Crippen molar-refractivity contribution in [3.8, 4) is 0 Å². The van der Waals surface area contributed by atoms with E-state index in [1.807, 2.05) is 4.90 Å². The minimum absolute atomic E-state index is 0.201. The molecule has 2 N–H and O–H groups in total. The van der Waals surface area contributed by atoms with Crippen LogP contribution in [0.25, 0.3) is 0 Å². The summed E-state index contributed by atoms with van der Waals surface area (Å²) in [5.41, 5.74) is -0.293. The normalized spacial score (nSPS) is 23.1. The van der Waals surface area contributed by atoms with E-state index < -0.39 is 5.60 Å². The molecule has 0 aromatic heterocycles. The van der Waals surface area contributed by atoms with E-state index in [1.54, 1.807) is 6.92 Å². The number of hydrogen-bond acceptors (Lipinski definition) is 3. The van der Waals surface area contributed by atoms with Crippen LogP contribution < -0.4 is 5.32 Å². The van der Waals surface area contributed by atoms with E-state index in [0.717, 1.165) is 0 Å². The van der Waals surface area contributed by atoms with Gasteiger partial charge in [-0.1, -0.05) is 34.8 Å². The zero-order valence-electron chi connectivity index (χ0n) is 10.9. The first-order valence-corrected chi connectivity index (χ1v) is 7.29. The van der Waals surface area contributed by atoms with Crippen molar-refractivity contribution in [2.24, 2.45) is 0 Å². The van der Waals surface area contributed by atoms with Gasteiger partial charge in [-0.3, -0.25) is 9.69 Å². The largest absolute Gasteiger partial charge is 0.389 e. The fourth-order valence-electron chi connectivity index (χ4n) is 2.18. The van der Waals surface area contributed by atoms with Crippen LogP contribution in [0.4, 0.5) is 5.69 Å². The van der Waals surface area contributed by atoms with E-state index in [0.29, 0.717) is 40.3 Å². The Morgan fingerprint density at radius 2 is 2.00 bits per heavy atom. The molecular weight excluding hydrogens is 323 g/mol. The van der Waals surface area contributed by atoms with Gasteiger partial charge in [0.2, 0.25) is 5.91 Å². The minimum Gasteiger partial charge on any atom is -0.389 e. The molecule has 0 bridgehead atoms. The fraction of sp³-hybridized carbons (Fsp3) is 0.462. The number of rotatable bonds is 3. The number of carbonyl (C=O) groups excluding carboxylic acids is 1. The third kappa shape index (κ3) is 3.99. The van der Waals surface area contributed by atoms with E-state index in [2.05, 4.69) is 5.32 Å². The third-order valence-electron chi connectivity index (χ3n) is 3.18. The Balaban J connectivity index is 1.97. The quantitative estimate of drug-likeness (QED) is 0.834. The summed E-state index contributed by atoms with van der Waals surface area (Å²) in [5.74, 6) is -0.206. The smallest absolute Gasteiger partial charge is 0.238 e. The average molecular weight is 338 g/mol. The zero-order valence-corrected chi connectivity index (χ0v) is 13.2. The number of β-amino-alcohol motifs (C(OH)–C–C–N with tert-alkyl or cyclic N) is 1. The predicted octanol–water partition coefficient (Wildman–Crippen LogP) is 3.04. The van der Waals surface area contributed by atoms with Crippen LogP contribution in [0.15, 0.2) is 12.1 Å². The summed E-state index contributed by atoms with van der Waals surface area (Å²) >= 11 is 17.7. The van der Waals surface area contributed by atoms with Gasteiger partial charge in [-0.2, -0.15) is 0 Å². The molecule has 0 spiro atoms. The van der Waals surface area contributed by atoms with Crippen LogP contribution in [0.2, 0.25) is 15.1 Å². The molecule has 1 aromatic rings. The van der Waals surface area contributed by atoms with Crippen molar-refractivity contribution in [2.75, 3.05) is 25.0 Å². The molecule has 7 heteroatoms. The number of hydrogen-bond donors (Lipinski definition) is 2. The van der Waals surface area contributed by atoms with Crippen molar-refractivity contribution >= 4 is 46.4 Å². The third-order valence-corrected chi connectivity index (χ3v) is 4.22. The molecule has 20 heavy (non-hydrogen) atoms. The lowest BCUT2D eigenvalue weighted by Crippen LogP contribution is -2.35. The maximum absolute atomic E-state index is 12.0. The highest BCUT2D eigenvalue weighted by Crippen LogP contribution is 2.32. The lowest BCUT2D eigenvalue weighted by Gasteiger charge is -2.18. The van der Waals surface area contributed by atoms with Crippen molar-refractivity contribution in [3.05, 3.63) is 27.2 Å². The lowest BCUT2D eigenvalue weighted by molar-refractivity contribution is -0.117. The van der Waals surface area contributed by atoms with E-state index in [1.165, 1.54) is 12.1 Å². The first-order valence-electron chi connectivity index (χ1n) is 6.16. The summed E-state index contributed by atoms with van der Waals surface area (Å²) in [6, 6.07) is 3.01. The summed E-state index contributed by atoms with van der Waals surface area (Å²) in [6.07, 6.45) is 0.661. The van der Waals surface area contributed by atoms with Gasteiger partial charge in [-0.25, -0.2) is 0 Å². The molecule has 1 atom stereocenters. The molecule has 1 saturated heterocycles. The number of nitrogens with zero attached hydrogens (tertiary/aromatic N) is 1. The molecule has 110 valence electrons. The number of benzene rings is 1. The van der Waals surface area contributed by atoms with Gasteiger partial charge in [0, 0.05) is 13.1 Å². The predicted molar refractivity (Wildman–Crippen MR) is 81.8 cm³/mol. The van der Waals surface area contributed by atoms with Crippen LogP contribution in [-0.4, -0.2) is 41.1 Å². The monoisotopic (exact) mass is 336 g/mol. The maximum Gasteiger partial charge on any atom is 0.238 e. The van der Waals surface area contributed by atoms with Crippen molar-refractivity contribution in [1.29, 1.82) is 0 Å². The van der Waals surface area contributed by atoms with Crippen LogP contribution in [-0.2, 0) is 4.79 Å². The number of likely N-dealkylation sites (tertiary alicyclic amines) is 1. The Hall–Kier alpha value is -0.520. The van der Waals surface area contributed by atoms with Gasteiger partial charge in [0.25, 0.3) is 0 Å². The second kappa shape index (κ2) is 6.08. The molecule has 2 rings (SSSR count). The van der Waals surface area contributed by atoms with E-state index in [4.69, 9.17) is 34.8 Å². The Bertz CT molecular complexity index is 535. The molecule has 0 radical (unpaired) electrons. The van der Waals surface area contributed by atoms with Crippen molar-refractivity contribution in [3.63, 3.8) is 0 Å². The number of carbonyl (C=O) groups is 1. The molecular formula is C13H15Cl3N2O2. The molecule has 1 aromatic carbocycles. The van der Waals surface area contributed by atoms with Crippen LogP contribution >= 0.6 is 34.8 Å².